The molecule has 1 aromatic carbocycles. The lowest BCUT2D eigenvalue weighted by Crippen LogP contribution is -2.38. The molecule has 1 aliphatic heterocycles. The van der Waals surface area contributed by atoms with Gasteiger partial charge in [-0.25, -0.2) is 4.79 Å². The average molecular weight is 259 g/mol. The van der Waals surface area contributed by atoms with E-state index in [0.717, 1.165) is 5.56 Å². The van der Waals surface area contributed by atoms with E-state index in [2.05, 4.69) is 0 Å². The lowest BCUT2D eigenvalue weighted by atomic mass is 9.90. The van der Waals surface area contributed by atoms with Crippen molar-refractivity contribution in [1.29, 1.82) is 0 Å². The number of amides is 1. The van der Waals surface area contributed by atoms with Gasteiger partial charge in [0.25, 0.3) is 0 Å². The first kappa shape index (κ1) is 12.2. The van der Waals surface area contributed by atoms with Crippen LogP contribution in [0.1, 0.15) is 18.4 Å². The van der Waals surface area contributed by atoms with Crippen LogP contribution < -0.4 is 0 Å². The first-order valence-electron chi connectivity index (χ1n) is 6.70. The van der Waals surface area contributed by atoms with Gasteiger partial charge in [-0.05, 0) is 23.8 Å². The summed E-state index contributed by atoms with van der Waals surface area (Å²) in [5.41, 5.74) is 1.14. The molecule has 1 aromatic rings. The van der Waals surface area contributed by atoms with Crippen molar-refractivity contribution >= 4 is 11.9 Å². The van der Waals surface area contributed by atoms with Crippen molar-refractivity contribution in [3.63, 3.8) is 0 Å². The minimum absolute atomic E-state index is 0.0450. The molecule has 0 aromatic heterocycles. The highest BCUT2D eigenvalue weighted by atomic mass is 16.4. The summed E-state index contributed by atoms with van der Waals surface area (Å²) in [6.45, 7) is 0.517. The highest BCUT2D eigenvalue weighted by Gasteiger charge is 2.48. The number of Topliss-reactive ketones (excluding diaryl/α,β-unsaturated/α-hetero) is 1. The molecule has 2 fully saturated rings. The Bertz CT molecular complexity index is 499. The number of carbonyl (C=O) groups is 2. The molecule has 1 N–H and O–H groups in total. The Kier molecular flexibility index (Phi) is 3.01. The fraction of sp³-hybridized carbons (Fsp3) is 0.467. The number of benzene rings is 1. The summed E-state index contributed by atoms with van der Waals surface area (Å²) in [7, 11) is 0. The van der Waals surface area contributed by atoms with Crippen molar-refractivity contribution < 1.29 is 14.7 Å². The summed E-state index contributed by atoms with van der Waals surface area (Å²) in [6, 6.07) is 9.87. The first-order valence-corrected chi connectivity index (χ1v) is 6.70. The van der Waals surface area contributed by atoms with Crippen molar-refractivity contribution in [1.82, 2.24) is 4.90 Å². The number of carboxylic acid groups (broad SMARTS) is 1. The zero-order chi connectivity index (χ0) is 13.4. The molecule has 2 aliphatic rings. The summed E-state index contributed by atoms with van der Waals surface area (Å²) in [6.07, 6.45) is 0.954. The molecule has 19 heavy (non-hydrogen) atoms. The molecule has 0 spiro atoms. The third kappa shape index (κ3) is 2.23. The van der Waals surface area contributed by atoms with Gasteiger partial charge in [-0.15, -0.1) is 0 Å². The predicted molar refractivity (Wildman–Crippen MR) is 69.9 cm³/mol. The van der Waals surface area contributed by atoms with Crippen LogP contribution in [0.4, 0.5) is 4.79 Å². The molecule has 4 nitrogen and oxygen atoms in total. The Morgan fingerprint density at radius 2 is 2.00 bits per heavy atom. The largest absolute Gasteiger partial charge is 0.465 e. The second-order valence-corrected chi connectivity index (χ2v) is 5.56. The molecule has 3 atom stereocenters. The molecular formula is C15H17NO3. The molecular weight excluding hydrogens is 242 g/mol. The lowest BCUT2D eigenvalue weighted by Gasteiger charge is -2.25. The SMILES string of the molecule is O=C1C[C@H]2CN(C(=O)O)C(Cc3ccccc3)[C@H]2C1. The molecule has 1 unspecified atom stereocenters. The van der Waals surface area contributed by atoms with Gasteiger partial charge >= 0.3 is 6.09 Å². The van der Waals surface area contributed by atoms with Crippen molar-refractivity contribution in [3.05, 3.63) is 35.9 Å². The zero-order valence-corrected chi connectivity index (χ0v) is 10.7. The summed E-state index contributed by atoms with van der Waals surface area (Å²) in [5, 5.41) is 9.32. The highest BCUT2D eigenvalue weighted by molar-refractivity contribution is 5.82. The second kappa shape index (κ2) is 4.68. The monoisotopic (exact) mass is 259 g/mol. The normalized spacial score (nSPS) is 29.6. The number of ketones is 1. The van der Waals surface area contributed by atoms with Crippen molar-refractivity contribution in [2.75, 3.05) is 6.54 Å². The van der Waals surface area contributed by atoms with Gasteiger partial charge in [0.05, 0.1) is 0 Å². The number of rotatable bonds is 2. The van der Waals surface area contributed by atoms with Crippen LogP contribution in [0.25, 0.3) is 0 Å². The summed E-state index contributed by atoms with van der Waals surface area (Å²) in [4.78, 5) is 24.5. The Balaban J connectivity index is 1.82. The van der Waals surface area contributed by atoms with E-state index >= 15 is 0 Å². The molecule has 1 saturated heterocycles. The smallest absolute Gasteiger partial charge is 0.407 e. The highest BCUT2D eigenvalue weighted by Crippen LogP contribution is 2.41. The van der Waals surface area contributed by atoms with E-state index in [1.54, 1.807) is 0 Å². The maximum absolute atomic E-state index is 11.6. The molecule has 1 saturated carbocycles. The standard InChI is InChI=1S/C15H17NO3/c17-12-7-11-9-16(15(18)19)14(13(11)8-12)6-10-4-2-1-3-5-10/h1-5,11,13-14H,6-9H2,(H,18,19)/t11-,13-,14?/m0/s1. The molecule has 1 aliphatic carbocycles. The number of fused-ring (bicyclic) bond motifs is 1. The van der Waals surface area contributed by atoms with Crippen molar-refractivity contribution in [2.24, 2.45) is 11.8 Å². The number of carbonyl (C=O) groups excluding carboxylic acids is 1. The van der Waals surface area contributed by atoms with Gasteiger partial charge in [-0.1, -0.05) is 30.3 Å². The molecule has 1 heterocycles. The number of likely N-dealkylation sites (tertiary alicyclic amines) is 1. The van der Waals surface area contributed by atoms with Crippen LogP contribution in [0.15, 0.2) is 30.3 Å². The van der Waals surface area contributed by atoms with E-state index in [-0.39, 0.29) is 23.7 Å². The van der Waals surface area contributed by atoms with Gasteiger partial charge in [0, 0.05) is 25.4 Å². The fourth-order valence-corrected chi connectivity index (χ4v) is 3.56. The Morgan fingerprint density at radius 3 is 2.68 bits per heavy atom. The maximum atomic E-state index is 11.6. The van der Waals surface area contributed by atoms with Crippen LogP contribution >= 0.6 is 0 Å². The average Bonchev–Trinajstić information content (AvgIpc) is 2.89. The molecule has 4 heteroatoms. The third-order valence-electron chi connectivity index (χ3n) is 4.42. The van der Waals surface area contributed by atoms with Crippen molar-refractivity contribution in [3.8, 4) is 0 Å². The van der Waals surface area contributed by atoms with E-state index in [9.17, 15) is 14.7 Å². The second-order valence-electron chi connectivity index (χ2n) is 5.56. The van der Waals surface area contributed by atoms with Crippen LogP contribution in [0.5, 0.6) is 0 Å². The van der Waals surface area contributed by atoms with E-state index < -0.39 is 6.09 Å². The van der Waals surface area contributed by atoms with Gasteiger partial charge in [-0.2, -0.15) is 0 Å². The Hall–Kier alpha value is -1.84. The zero-order valence-electron chi connectivity index (χ0n) is 10.7. The molecule has 3 rings (SSSR count). The predicted octanol–water partition coefficient (Wildman–Crippen LogP) is 2.19. The Morgan fingerprint density at radius 1 is 1.26 bits per heavy atom. The third-order valence-corrected chi connectivity index (χ3v) is 4.42. The number of hydrogen-bond donors (Lipinski definition) is 1. The van der Waals surface area contributed by atoms with Gasteiger partial charge in [-0.3, -0.25) is 4.79 Å². The topological polar surface area (TPSA) is 57.6 Å². The fourth-order valence-electron chi connectivity index (χ4n) is 3.56. The van der Waals surface area contributed by atoms with Crippen LogP contribution in [0.3, 0.4) is 0 Å². The summed E-state index contributed by atoms with van der Waals surface area (Å²) < 4.78 is 0. The van der Waals surface area contributed by atoms with Gasteiger partial charge < -0.3 is 10.0 Å². The van der Waals surface area contributed by atoms with Crippen LogP contribution in [0.2, 0.25) is 0 Å². The van der Waals surface area contributed by atoms with Crippen LogP contribution in [-0.4, -0.2) is 34.5 Å². The van der Waals surface area contributed by atoms with Gasteiger partial charge in [0.1, 0.15) is 5.78 Å². The van der Waals surface area contributed by atoms with Gasteiger partial charge in [0.15, 0.2) is 0 Å². The Labute approximate surface area is 112 Å². The molecule has 0 radical (unpaired) electrons. The molecule has 100 valence electrons. The minimum atomic E-state index is -0.859. The van der Waals surface area contributed by atoms with E-state index in [4.69, 9.17) is 0 Å². The first-order chi connectivity index (χ1) is 9.15. The number of nitrogens with zero attached hydrogens (tertiary/aromatic N) is 1. The quantitative estimate of drug-likeness (QED) is 0.885. The summed E-state index contributed by atoms with van der Waals surface area (Å²) in [5.74, 6) is 0.735. The number of hydrogen-bond acceptors (Lipinski definition) is 2. The maximum Gasteiger partial charge on any atom is 0.407 e. The van der Waals surface area contributed by atoms with Crippen LogP contribution in [-0.2, 0) is 11.2 Å². The molecule has 0 bridgehead atoms. The van der Waals surface area contributed by atoms with E-state index in [0.29, 0.717) is 25.8 Å². The van der Waals surface area contributed by atoms with E-state index in [1.807, 2.05) is 30.3 Å². The van der Waals surface area contributed by atoms with Crippen LogP contribution in [0, 0.1) is 11.8 Å². The lowest BCUT2D eigenvalue weighted by molar-refractivity contribution is -0.118. The van der Waals surface area contributed by atoms with Crippen molar-refractivity contribution in [2.45, 2.75) is 25.3 Å². The minimum Gasteiger partial charge on any atom is -0.465 e. The van der Waals surface area contributed by atoms with E-state index in [1.165, 1.54) is 4.90 Å². The summed E-state index contributed by atoms with van der Waals surface area (Å²) >= 11 is 0. The van der Waals surface area contributed by atoms with Gasteiger partial charge in [0.2, 0.25) is 0 Å². The molecule has 1 amide bonds.